The van der Waals surface area contributed by atoms with Crippen LogP contribution in [0.3, 0.4) is 0 Å². The summed E-state index contributed by atoms with van der Waals surface area (Å²) >= 11 is 3.31. The summed E-state index contributed by atoms with van der Waals surface area (Å²) in [6.07, 6.45) is 5.97. The fourth-order valence-electron chi connectivity index (χ4n) is 1.90. The van der Waals surface area contributed by atoms with Crippen molar-refractivity contribution in [3.05, 3.63) is 16.9 Å². The Balaban J connectivity index is 2.14. The Labute approximate surface area is 85.9 Å². The molecule has 72 valence electrons. The maximum Gasteiger partial charge on any atom is 0.128 e. The van der Waals surface area contributed by atoms with E-state index in [0.29, 0.717) is 0 Å². The van der Waals surface area contributed by atoms with Crippen molar-refractivity contribution in [2.75, 3.05) is 0 Å². The molecule has 0 spiro atoms. The Morgan fingerprint density at radius 3 is 2.85 bits per heavy atom. The number of aliphatic hydroxyl groups excluding tert-OH is 1. The van der Waals surface area contributed by atoms with E-state index in [-0.39, 0.29) is 12.1 Å². The van der Waals surface area contributed by atoms with Gasteiger partial charge in [0.1, 0.15) is 4.60 Å². The summed E-state index contributed by atoms with van der Waals surface area (Å²) in [4.78, 5) is 0. The second-order valence-corrected chi connectivity index (χ2v) is 4.35. The standard InChI is InChI=1S/C9H13BrN2O/c10-9-5-6-12(11-9)7-3-1-2-4-8(7)13/h5-8,13H,1-4H2. The van der Waals surface area contributed by atoms with Gasteiger partial charge in [0.2, 0.25) is 0 Å². The predicted octanol–water partition coefficient (Wildman–Crippen LogP) is 2.12. The molecule has 1 saturated carbocycles. The molecule has 0 amide bonds. The third kappa shape index (κ3) is 1.94. The lowest BCUT2D eigenvalue weighted by atomic mass is 9.93. The molecule has 2 rings (SSSR count). The topological polar surface area (TPSA) is 38.0 Å². The SMILES string of the molecule is OC1CCCCC1n1ccc(Br)n1. The van der Waals surface area contributed by atoms with Crippen LogP contribution in [0.15, 0.2) is 16.9 Å². The average molecular weight is 245 g/mol. The van der Waals surface area contributed by atoms with Crippen LogP contribution in [0.1, 0.15) is 31.7 Å². The minimum atomic E-state index is -0.222. The molecule has 1 heterocycles. The minimum Gasteiger partial charge on any atom is -0.391 e. The molecule has 13 heavy (non-hydrogen) atoms. The second-order valence-electron chi connectivity index (χ2n) is 3.54. The van der Waals surface area contributed by atoms with Crippen LogP contribution >= 0.6 is 15.9 Å². The summed E-state index contributed by atoms with van der Waals surface area (Å²) in [5.74, 6) is 0. The minimum absolute atomic E-state index is 0.181. The summed E-state index contributed by atoms with van der Waals surface area (Å²) in [6, 6.07) is 2.08. The molecule has 0 aromatic carbocycles. The predicted molar refractivity (Wildman–Crippen MR) is 53.4 cm³/mol. The van der Waals surface area contributed by atoms with E-state index in [4.69, 9.17) is 0 Å². The highest BCUT2D eigenvalue weighted by Crippen LogP contribution is 2.28. The number of aliphatic hydroxyl groups is 1. The summed E-state index contributed by atoms with van der Waals surface area (Å²) in [6.45, 7) is 0. The van der Waals surface area contributed by atoms with Gasteiger partial charge in [0.15, 0.2) is 0 Å². The van der Waals surface area contributed by atoms with Crippen LogP contribution in [0.25, 0.3) is 0 Å². The third-order valence-electron chi connectivity index (χ3n) is 2.61. The molecule has 4 heteroatoms. The van der Waals surface area contributed by atoms with Crippen LogP contribution in [-0.2, 0) is 0 Å². The van der Waals surface area contributed by atoms with Crippen molar-refractivity contribution in [3.8, 4) is 0 Å². The Morgan fingerprint density at radius 1 is 1.46 bits per heavy atom. The lowest BCUT2D eigenvalue weighted by molar-refractivity contribution is 0.0693. The van der Waals surface area contributed by atoms with Crippen LogP contribution in [0, 0.1) is 0 Å². The first-order chi connectivity index (χ1) is 6.27. The monoisotopic (exact) mass is 244 g/mol. The highest BCUT2D eigenvalue weighted by Gasteiger charge is 2.24. The molecule has 0 aliphatic heterocycles. The number of halogens is 1. The van der Waals surface area contributed by atoms with E-state index >= 15 is 0 Å². The smallest absolute Gasteiger partial charge is 0.128 e. The van der Waals surface area contributed by atoms with Crippen molar-refractivity contribution < 1.29 is 5.11 Å². The van der Waals surface area contributed by atoms with Crippen molar-refractivity contribution in [2.24, 2.45) is 0 Å². The van der Waals surface area contributed by atoms with Crippen LogP contribution in [0.5, 0.6) is 0 Å². The van der Waals surface area contributed by atoms with Gasteiger partial charge in [-0.15, -0.1) is 0 Å². The quantitative estimate of drug-likeness (QED) is 0.822. The Bertz CT molecular complexity index is 287. The van der Waals surface area contributed by atoms with Gasteiger partial charge in [-0.05, 0) is 34.8 Å². The van der Waals surface area contributed by atoms with E-state index in [2.05, 4.69) is 21.0 Å². The van der Waals surface area contributed by atoms with Crippen molar-refractivity contribution in [3.63, 3.8) is 0 Å². The second kappa shape index (κ2) is 3.80. The van der Waals surface area contributed by atoms with E-state index in [9.17, 15) is 5.11 Å². The average Bonchev–Trinajstić information content (AvgIpc) is 2.53. The highest BCUT2D eigenvalue weighted by molar-refractivity contribution is 9.10. The van der Waals surface area contributed by atoms with Gasteiger partial charge in [0, 0.05) is 6.20 Å². The number of hydrogen-bond acceptors (Lipinski definition) is 2. The van der Waals surface area contributed by atoms with Crippen LogP contribution in [0.2, 0.25) is 0 Å². The molecule has 2 atom stereocenters. The lowest BCUT2D eigenvalue weighted by Crippen LogP contribution is -2.27. The zero-order chi connectivity index (χ0) is 9.26. The number of hydrogen-bond donors (Lipinski definition) is 1. The molecule has 1 fully saturated rings. The molecular formula is C9H13BrN2O. The first-order valence-corrected chi connectivity index (χ1v) is 5.45. The van der Waals surface area contributed by atoms with Crippen molar-refractivity contribution in [1.82, 2.24) is 9.78 Å². The zero-order valence-electron chi connectivity index (χ0n) is 7.36. The van der Waals surface area contributed by atoms with Gasteiger partial charge in [-0.2, -0.15) is 5.10 Å². The summed E-state index contributed by atoms with van der Waals surface area (Å²) in [5.41, 5.74) is 0. The summed E-state index contributed by atoms with van der Waals surface area (Å²) < 4.78 is 2.71. The van der Waals surface area contributed by atoms with Gasteiger partial charge in [-0.3, -0.25) is 4.68 Å². The Morgan fingerprint density at radius 2 is 2.23 bits per heavy atom. The van der Waals surface area contributed by atoms with Gasteiger partial charge in [0.25, 0.3) is 0 Å². The molecule has 1 aromatic heterocycles. The Hall–Kier alpha value is -0.350. The maximum absolute atomic E-state index is 9.76. The van der Waals surface area contributed by atoms with Crippen LogP contribution in [0.4, 0.5) is 0 Å². The molecule has 1 N–H and O–H groups in total. The molecule has 3 nitrogen and oxygen atoms in total. The molecule has 0 saturated heterocycles. The number of aromatic nitrogens is 2. The number of rotatable bonds is 1. The largest absolute Gasteiger partial charge is 0.391 e. The lowest BCUT2D eigenvalue weighted by Gasteiger charge is -2.27. The zero-order valence-corrected chi connectivity index (χ0v) is 8.94. The normalized spacial score (nSPS) is 29.1. The molecule has 1 aliphatic carbocycles. The molecule has 1 aromatic rings. The van der Waals surface area contributed by atoms with E-state index in [1.165, 1.54) is 6.42 Å². The van der Waals surface area contributed by atoms with E-state index < -0.39 is 0 Å². The first-order valence-electron chi connectivity index (χ1n) is 4.66. The van der Waals surface area contributed by atoms with Gasteiger partial charge < -0.3 is 5.11 Å². The van der Waals surface area contributed by atoms with Gasteiger partial charge in [-0.1, -0.05) is 12.8 Å². The fourth-order valence-corrected chi connectivity index (χ4v) is 2.20. The summed E-state index contributed by atoms with van der Waals surface area (Å²) in [7, 11) is 0. The van der Waals surface area contributed by atoms with Gasteiger partial charge in [-0.25, -0.2) is 0 Å². The fraction of sp³-hybridized carbons (Fsp3) is 0.667. The van der Waals surface area contributed by atoms with E-state index in [1.807, 2.05) is 16.9 Å². The van der Waals surface area contributed by atoms with Crippen LogP contribution < -0.4 is 0 Å². The first kappa shape index (κ1) is 9.21. The third-order valence-corrected chi connectivity index (χ3v) is 3.03. The van der Waals surface area contributed by atoms with E-state index in [0.717, 1.165) is 23.9 Å². The molecule has 1 aliphatic rings. The number of nitrogens with zero attached hydrogens (tertiary/aromatic N) is 2. The van der Waals surface area contributed by atoms with Crippen LogP contribution in [-0.4, -0.2) is 21.0 Å². The summed E-state index contributed by atoms with van der Waals surface area (Å²) in [5, 5.41) is 14.0. The van der Waals surface area contributed by atoms with E-state index in [1.54, 1.807) is 0 Å². The molecule has 0 radical (unpaired) electrons. The van der Waals surface area contributed by atoms with Crippen molar-refractivity contribution in [1.29, 1.82) is 0 Å². The van der Waals surface area contributed by atoms with Gasteiger partial charge >= 0.3 is 0 Å². The maximum atomic E-state index is 9.76. The molecule has 0 bridgehead atoms. The molecule has 2 unspecified atom stereocenters. The molecular weight excluding hydrogens is 232 g/mol. The van der Waals surface area contributed by atoms with Crippen molar-refractivity contribution in [2.45, 2.75) is 37.8 Å². The highest BCUT2D eigenvalue weighted by atomic mass is 79.9. The van der Waals surface area contributed by atoms with Gasteiger partial charge in [0.05, 0.1) is 12.1 Å². The Kier molecular flexibility index (Phi) is 2.69. The van der Waals surface area contributed by atoms with Crippen molar-refractivity contribution >= 4 is 15.9 Å².